The highest BCUT2D eigenvalue weighted by molar-refractivity contribution is 7.88. The molecule has 1 amide bonds. The maximum absolute atomic E-state index is 12.9. The van der Waals surface area contributed by atoms with Crippen LogP contribution in [0, 0.1) is 5.82 Å². The normalized spacial score (nSPS) is 16.6. The number of sulfonamides is 1. The summed E-state index contributed by atoms with van der Waals surface area (Å²) in [6.45, 7) is 1.95. The first-order valence-corrected chi connectivity index (χ1v) is 9.80. The molecule has 8 heteroatoms. The first kappa shape index (κ1) is 18.8. The molecule has 1 aliphatic rings. The summed E-state index contributed by atoms with van der Waals surface area (Å²) < 4.78 is 37.9. The van der Waals surface area contributed by atoms with Crippen LogP contribution in [0.25, 0.3) is 0 Å². The summed E-state index contributed by atoms with van der Waals surface area (Å²) in [4.78, 5) is 16.0. The molecule has 0 radical (unpaired) electrons. The largest absolute Gasteiger partial charge is 0.341 e. The second kappa shape index (κ2) is 8.04. The van der Waals surface area contributed by atoms with Gasteiger partial charge in [-0.25, -0.2) is 17.5 Å². The van der Waals surface area contributed by atoms with Gasteiger partial charge >= 0.3 is 0 Å². The van der Waals surface area contributed by atoms with E-state index in [2.05, 4.69) is 4.72 Å². The Morgan fingerprint density at radius 2 is 1.88 bits per heavy atom. The number of benzene rings is 1. The Morgan fingerprint density at radius 1 is 1.29 bits per heavy atom. The molecule has 0 aliphatic carbocycles. The average molecular weight is 357 g/mol. The molecule has 0 saturated carbocycles. The fourth-order valence-electron chi connectivity index (χ4n) is 2.84. The van der Waals surface area contributed by atoms with Crippen LogP contribution in [0.1, 0.15) is 18.4 Å². The van der Waals surface area contributed by atoms with E-state index in [9.17, 15) is 17.6 Å². The molecule has 1 saturated heterocycles. The van der Waals surface area contributed by atoms with Crippen molar-refractivity contribution in [3.8, 4) is 0 Å². The van der Waals surface area contributed by atoms with E-state index in [4.69, 9.17) is 0 Å². The lowest BCUT2D eigenvalue weighted by Gasteiger charge is -2.33. The van der Waals surface area contributed by atoms with Crippen molar-refractivity contribution < 1.29 is 17.6 Å². The van der Waals surface area contributed by atoms with Crippen LogP contribution in [0.4, 0.5) is 4.39 Å². The van der Waals surface area contributed by atoms with Crippen LogP contribution < -0.4 is 4.72 Å². The van der Waals surface area contributed by atoms with Gasteiger partial charge in [0.1, 0.15) is 5.82 Å². The number of hydrogen-bond donors (Lipinski definition) is 1. The SMILES string of the molecule is CN(CC(=O)N1CCC(NS(C)(=O)=O)CC1)Cc1ccc(F)cc1. The van der Waals surface area contributed by atoms with E-state index >= 15 is 0 Å². The summed E-state index contributed by atoms with van der Waals surface area (Å²) in [5.41, 5.74) is 0.947. The number of nitrogens with one attached hydrogen (secondary N) is 1. The summed E-state index contributed by atoms with van der Waals surface area (Å²) >= 11 is 0. The lowest BCUT2D eigenvalue weighted by atomic mass is 10.1. The third-order valence-electron chi connectivity index (χ3n) is 4.00. The van der Waals surface area contributed by atoms with E-state index in [0.29, 0.717) is 32.5 Å². The number of likely N-dealkylation sites (tertiary alicyclic amines) is 1. The molecule has 24 heavy (non-hydrogen) atoms. The van der Waals surface area contributed by atoms with Gasteiger partial charge in [-0.05, 0) is 37.6 Å². The van der Waals surface area contributed by atoms with Crippen LogP contribution in [0.2, 0.25) is 0 Å². The van der Waals surface area contributed by atoms with Crippen LogP contribution >= 0.6 is 0 Å². The van der Waals surface area contributed by atoms with Crippen LogP contribution in [0.3, 0.4) is 0 Å². The van der Waals surface area contributed by atoms with E-state index in [1.165, 1.54) is 12.1 Å². The van der Waals surface area contributed by atoms with E-state index < -0.39 is 10.0 Å². The second-order valence-electron chi connectivity index (χ2n) is 6.34. The minimum Gasteiger partial charge on any atom is -0.341 e. The fourth-order valence-corrected chi connectivity index (χ4v) is 3.68. The van der Waals surface area contributed by atoms with E-state index in [-0.39, 0.29) is 24.3 Å². The summed E-state index contributed by atoms with van der Waals surface area (Å²) in [5, 5.41) is 0. The van der Waals surface area contributed by atoms with Crippen molar-refractivity contribution in [3.63, 3.8) is 0 Å². The topological polar surface area (TPSA) is 69.7 Å². The van der Waals surface area contributed by atoms with Gasteiger partial charge < -0.3 is 4.90 Å². The second-order valence-corrected chi connectivity index (χ2v) is 8.12. The standard InChI is InChI=1S/C16H24FN3O3S/c1-19(11-13-3-5-14(17)6-4-13)12-16(21)20-9-7-15(8-10-20)18-24(2,22)23/h3-6,15,18H,7-12H2,1-2H3. The minimum atomic E-state index is -3.21. The summed E-state index contributed by atoms with van der Waals surface area (Å²) in [5.74, 6) is -0.250. The van der Waals surface area contributed by atoms with Crippen LogP contribution in [0.15, 0.2) is 24.3 Å². The molecule has 0 spiro atoms. The molecule has 1 aliphatic heterocycles. The number of amides is 1. The predicted molar refractivity (Wildman–Crippen MR) is 90.3 cm³/mol. The minimum absolute atomic E-state index is 0.0254. The lowest BCUT2D eigenvalue weighted by Crippen LogP contribution is -2.48. The molecule has 134 valence electrons. The predicted octanol–water partition coefficient (Wildman–Crippen LogP) is 0.798. The molecule has 1 aromatic rings. The van der Waals surface area contributed by atoms with Crippen LogP contribution in [0.5, 0.6) is 0 Å². The molecule has 0 aromatic heterocycles. The molecule has 1 N–H and O–H groups in total. The Morgan fingerprint density at radius 3 is 2.42 bits per heavy atom. The number of halogens is 1. The Bertz CT molecular complexity index is 656. The van der Waals surface area contributed by atoms with E-state index in [1.807, 2.05) is 11.9 Å². The van der Waals surface area contributed by atoms with Gasteiger partial charge in [-0.1, -0.05) is 12.1 Å². The number of carbonyl (C=O) groups excluding carboxylic acids is 1. The number of nitrogens with zero attached hydrogens (tertiary/aromatic N) is 2. The Hall–Kier alpha value is -1.51. The van der Waals surface area contributed by atoms with Gasteiger partial charge in [-0.2, -0.15) is 0 Å². The summed E-state index contributed by atoms with van der Waals surface area (Å²) in [7, 11) is -1.36. The Balaban J connectivity index is 1.77. The number of rotatable bonds is 6. The number of piperidine rings is 1. The number of carbonyl (C=O) groups is 1. The molecule has 0 unspecified atom stereocenters. The smallest absolute Gasteiger partial charge is 0.236 e. The van der Waals surface area contributed by atoms with Crippen LogP contribution in [-0.4, -0.2) is 63.1 Å². The molecule has 0 bridgehead atoms. The molecule has 1 heterocycles. The van der Waals surface area contributed by atoms with Gasteiger partial charge in [0, 0.05) is 25.7 Å². The van der Waals surface area contributed by atoms with Gasteiger partial charge in [0.05, 0.1) is 12.8 Å². The highest BCUT2D eigenvalue weighted by Crippen LogP contribution is 2.12. The molecule has 2 rings (SSSR count). The van der Waals surface area contributed by atoms with Crippen molar-refractivity contribution in [2.75, 3.05) is 32.9 Å². The first-order valence-electron chi connectivity index (χ1n) is 7.91. The molecule has 1 aromatic carbocycles. The maximum atomic E-state index is 12.9. The van der Waals surface area contributed by atoms with Crippen molar-refractivity contribution in [2.24, 2.45) is 0 Å². The zero-order valence-electron chi connectivity index (χ0n) is 14.0. The van der Waals surface area contributed by atoms with Gasteiger partial charge in [-0.3, -0.25) is 9.69 Å². The summed E-state index contributed by atoms with van der Waals surface area (Å²) in [6, 6.07) is 6.13. The van der Waals surface area contributed by atoms with Gasteiger partial charge in [0.25, 0.3) is 0 Å². The van der Waals surface area contributed by atoms with E-state index in [0.717, 1.165) is 11.8 Å². The van der Waals surface area contributed by atoms with Gasteiger partial charge in [-0.15, -0.1) is 0 Å². The van der Waals surface area contributed by atoms with Crippen molar-refractivity contribution in [2.45, 2.75) is 25.4 Å². The van der Waals surface area contributed by atoms with Crippen molar-refractivity contribution in [1.29, 1.82) is 0 Å². The Labute approximate surface area is 142 Å². The Kier molecular flexibility index (Phi) is 6.31. The highest BCUT2D eigenvalue weighted by Gasteiger charge is 2.24. The molecule has 1 fully saturated rings. The molecular formula is C16H24FN3O3S. The van der Waals surface area contributed by atoms with Crippen LogP contribution in [-0.2, 0) is 21.4 Å². The average Bonchev–Trinajstić information content (AvgIpc) is 2.48. The maximum Gasteiger partial charge on any atom is 0.236 e. The first-order chi connectivity index (χ1) is 11.2. The third-order valence-corrected chi connectivity index (χ3v) is 4.76. The number of hydrogen-bond acceptors (Lipinski definition) is 4. The quantitative estimate of drug-likeness (QED) is 0.818. The number of likely N-dealkylation sites (N-methyl/N-ethyl adjacent to an activating group) is 1. The zero-order valence-corrected chi connectivity index (χ0v) is 14.9. The highest BCUT2D eigenvalue weighted by atomic mass is 32.2. The van der Waals surface area contributed by atoms with Gasteiger partial charge in [0.15, 0.2) is 0 Å². The monoisotopic (exact) mass is 357 g/mol. The van der Waals surface area contributed by atoms with Crippen molar-refractivity contribution in [1.82, 2.24) is 14.5 Å². The van der Waals surface area contributed by atoms with Gasteiger partial charge in [0.2, 0.25) is 15.9 Å². The molecule has 0 atom stereocenters. The summed E-state index contributed by atoms with van der Waals surface area (Å²) in [6.07, 6.45) is 2.40. The fraction of sp³-hybridized carbons (Fsp3) is 0.562. The third kappa shape index (κ3) is 6.18. The lowest BCUT2D eigenvalue weighted by molar-refractivity contribution is -0.133. The van der Waals surface area contributed by atoms with E-state index in [1.54, 1.807) is 17.0 Å². The molecule has 6 nitrogen and oxygen atoms in total. The van der Waals surface area contributed by atoms with Crippen molar-refractivity contribution in [3.05, 3.63) is 35.6 Å². The van der Waals surface area contributed by atoms with Crippen molar-refractivity contribution >= 4 is 15.9 Å². The zero-order chi connectivity index (χ0) is 17.7. The molecular weight excluding hydrogens is 333 g/mol.